The van der Waals surface area contributed by atoms with Crippen LogP contribution in [-0.4, -0.2) is 19.3 Å². The fourth-order valence-corrected chi connectivity index (χ4v) is 7.09. The molecule has 0 bridgehead atoms. The molecule has 1 nitrogen and oxygen atoms in total. The van der Waals surface area contributed by atoms with E-state index in [0.717, 1.165) is 23.9 Å². The summed E-state index contributed by atoms with van der Waals surface area (Å²) in [6.07, 6.45) is 12.2. The van der Waals surface area contributed by atoms with Gasteiger partial charge in [-0.25, -0.2) is 0 Å². The average Bonchev–Trinajstić information content (AvgIpc) is 2.98. The van der Waals surface area contributed by atoms with Crippen molar-refractivity contribution in [2.75, 3.05) is 24.2 Å². The standard InChI is InChI=1S/C38H35NS.CH4/c1-27-14-4-5-15-29(27)16-10-11-25-40-38-35-21-9-8-20-33(35)36(34-23-13-24-39(3)37(34)38)26-28(2)31-22-12-18-30-17-6-7-19-32(30)31;/h4-23,28H,1,24-26H2,2-3H3;1H4/b11-10-,29-16-;. The third-order valence-corrected chi connectivity index (χ3v) is 9.05. The second-order valence-electron chi connectivity index (χ2n) is 10.7. The molecule has 0 saturated heterocycles. The summed E-state index contributed by atoms with van der Waals surface area (Å²) in [4.78, 5) is 3.80. The van der Waals surface area contributed by atoms with Crippen molar-refractivity contribution in [3.05, 3.63) is 136 Å². The van der Waals surface area contributed by atoms with E-state index >= 15 is 0 Å². The number of hydrogen-bond acceptors (Lipinski definition) is 2. The van der Waals surface area contributed by atoms with Crippen molar-refractivity contribution in [3.63, 3.8) is 0 Å². The van der Waals surface area contributed by atoms with Crippen LogP contribution >= 0.6 is 11.8 Å². The molecular formula is C39H39NS. The highest BCUT2D eigenvalue weighted by Gasteiger charge is 2.24. The van der Waals surface area contributed by atoms with Crippen molar-refractivity contribution in [2.45, 2.75) is 31.6 Å². The lowest BCUT2D eigenvalue weighted by atomic mass is 9.85. The molecule has 0 N–H and O–H groups in total. The number of fused-ring (bicyclic) bond motifs is 3. The Balaban J connectivity index is 0.00000337. The van der Waals surface area contributed by atoms with Gasteiger partial charge in [-0.05, 0) is 55.4 Å². The maximum atomic E-state index is 4.14. The van der Waals surface area contributed by atoms with Crippen LogP contribution in [0.5, 0.6) is 0 Å². The normalized spacial score (nSPS) is 14.0. The number of anilines is 1. The van der Waals surface area contributed by atoms with Gasteiger partial charge >= 0.3 is 0 Å². The molecule has 5 aromatic carbocycles. The summed E-state index contributed by atoms with van der Waals surface area (Å²) in [6, 6.07) is 32.8. The Labute approximate surface area is 249 Å². The van der Waals surface area contributed by atoms with E-state index in [4.69, 9.17) is 0 Å². The molecule has 0 amide bonds. The molecule has 0 aromatic heterocycles. The molecule has 0 saturated carbocycles. The Kier molecular flexibility index (Phi) is 8.81. The maximum Gasteiger partial charge on any atom is 0.0587 e. The predicted molar refractivity (Wildman–Crippen MR) is 185 cm³/mol. The third-order valence-electron chi connectivity index (χ3n) is 7.99. The molecule has 1 atom stereocenters. The van der Waals surface area contributed by atoms with Crippen molar-refractivity contribution in [1.29, 1.82) is 0 Å². The van der Waals surface area contributed by atoms with E-state index in [1.807, 2.05) is 17.8 Å². The molecule has 1 aliphatic rings. The molecule has 2 heteroatoms. The van der Waals surface area contributed by atoms with Gasteiger partial charge in [0.15, 0.2) is 0 Å². The van der Waals surface area contributed by atoms with E-state index in [9.17, 15) is 0 Å². The van der Waals surface area contributed by atoms with Gasteiger partial charge in [0.25, 0.3) is 0 Å². The second-order valence-corrected chi connectivity index (χ2v) is 11.7. The smallest absolute Gasteiger partial charge is 0.0587 e. The SMILES string of the molecule is C.C=c1cccc/c1=C/C=C\CSc1c2c(c(CC(C)c3cccc4ccccc34)c3ccccc13)C=CCN2C. The van der Waals surface area contributed by atoms with E-state index in [-0.39, 0.29) is 7.43 Å². The minimum Gasteiger partial charge on any atom is -0.369 e. The minimum atomic E-state index is 0. The summed E-state index contributed by atoms with van der Waals surface area (Å²) in [7, 11) is 2.23. The van der Waals surface area contributed by atoms with Gasteiger partial charge in [0, 0.05) is 29.8 Å². The number of hydrogen-bond donors (Lipinski definition) is 0. The third kappa shape index (κ3) is 5.76. The monoisotopic (exact) mass is 553 g/mol. The summed E-state index contributed by atoms with van der Waals surface area (Å²) in [6.45, 7) is 7.45. The molecule has 206 valence electrons. The van der Waals surface area contributed by atoms with Gasteiger partial charge in [-0.15, -0.1) is 11.8 Å². The number of likely N-dealkylation sites (N-methyl/N-ethyl adjacent to an activating group) is 1. The lowest BCUT2D eigenvalue weighted by Gasteiger charge is -2.30. The minimum absolute atomic E-state index is 0. The average molecular weight is 554 g/mol. The molecule has 5 aromatic rings. The molecule has 1 aliphatic heterocycles. The van der Waals surface area contributed by atoms with Gasteiger partial charge in [0.05, 0.1) is 5.69 Å². The number of nitrogens with zero attached hydrogens (tertiary/aromatic N) is 1. The van der Waals surface area contributed by atoms with Crippen LogP contribution in [0.4, 0.5) is 5.69 Å². The van der Waals surface area contributed by atoms with E-state index in [0.29, 0.717) is 5.92 Å². The molecular weight excluding hydrogens is 515 g/mol. The Bertz CT molecular complexity index is 1860. The molecule has 6 rings (SSSR count). The summed E-state index contributed by atoms with van der Waals surface area (Å²) in [5.41, 5.74) is 5.62. The number of rotatable bonds is 7. The van der Waals surface area contributed by atoms with Crippen LogP contribution in [0.2, 0.25) is 0 Å². The van der Waals surface area contributed by atoms with Crippen LogP contribution < -0.4 is 15.3 Å². The van der Waals surface area contributed by atoms with Crippen LogP contribution in [0.1, 0.15) is 37.0 Å². The largest absolute Gasteiger partial charge is 0.369 e. The summed E-state index contributed by atoms with van der Waals surface area (Å²) in [5.74, 6) is 1.31. The predicted octanol–water partition coefficient (Wildman–Crippen LogP) is 8.98. The molecule has 0 fully saturated rings. The number of allylic oxidation sites excluding steroid dienone is 1. The fourth-order valence-electron chi connectivity index (χ4n) is 5.98. The second kappa shape index (κ2) is 12.7. The van der Waals surface area contributed by atoms with E-state index in [2.05, 4.69) is 141 Å². The Morgan fingerprint density at radius 1 is 0.878 bits per heavy atom. The molecule has 41 heavy (non-hydrogen) atoms. The number of benzene rings is 5. The van der Waals surface area contributed by atoms with Crippen LogP contribution in [0, 0.1) is 0 Å². The first kappa shape index (κ1) is 28.5. The summed E-state index contributed by atoms with van der Waals surface area (Å²) >= 11 is 1.94. The molecule has 0 aliphatic carbocycles. The van der Waals surface area contributed by atoms with E-state index < -0.39 is 0 Å². The van der Waals surface area contributed by atoms with Gasteiger partial charge in [0.2, 0.25) is 0 Å². The van der Waals surface area contributed by atoms with Crippen LogP contribution in [0.3, 0.4) is 0 Å². The van der Waals surface area contributed by atoms with Gasteiger partial charge in [-0.1, -0.05) is 142 Å². The Hall–Kier alpha value is -4.01. The Morgan fingerprint density at radius 2 is 1.59 bits per heavy atom. The highest BCUT2D eigenvalue weighted by atomic mass is 32.2. The Morgan fingerprint density at radius 3 is 2.41 bits per heavy atom. The molecule has 1 unspecified atom stereocenters. The molecule has 0 radical (unpaired) electrons. The zero-order valence-electron chi connectivity index (χ0n) is 23.3. The van der Waals surface area contributed by atoms with Crippen molar-refractivity contribution in [2.24, 2.45) is 0 Å². The maximum absolute atomic E-state index is 4.14. The van der Waals surface area contributed by atoms with Crippen LogP contribution in [0.15, 0.2) is 114 Å². The van der Waals surface area contributed by atoms with Crippen molar-refractivity contribution < 1.29 is 0 Å². The van der Waals surface area contributed by atoms with Crippen molar-refractivity contribution in [3.8, 4) is 0 Å². The van der Waals surface area contributed by atoms with E-state index in [1.54, 1.807) is 0 Å². The fraction of sp³-hybridized carbons (Fsp3) is 0.179. The number of thioether (sulfide) groups is 1. The lowest BCUT2D eigenvalue weighted by Crippen LogP contribution is -2.22. The van der Waals surface area contributed by atoms with Crippen LogP contribution in [0.25, 0.3) is 40.3 Å². The van der Waals surface area contributed by atoms with Crippen molar-refractivity contribution >= 4 is 57.7 Å². The molecule has 1 heterocycles. The topological polar surface area (TPSA) is 3.24 Å². The van der Waals surface area contributed by atoms with Crippen molar-refractivity contribution in [1.82, 2.24) is 0 Å². The van der Waals surface area contributed by atoms with Gasteiger partial charge in [0.1, 0.15) is 0 Å². The van der Waals surface area contributed by atoms with Gasteiger partial charge < -0.3 is 4.90 Å². The molecule has 0 spiro atoms. The van der Waals surface area contributed by atoms with E-state index in [1.165, 1.54) is 54.0 Å². The highest BCUT2D eigenvalue weighted by Crippen LogP contribution is 2.45. The van der Waals surface area contributed by atoms with Gasteiger partial charge in [-0.2, -0.15) is 0 Å². The van der Waals surface area contributed by atoms with Gasteiger partial charge in [-0.3, -0.25) is 0 Å². The summed E-state index contributed by atoms with van der Waals surface area (Å²) in [5, 5.41) is 7.63. The zero-order chi connectivity index (χ0) is 27.5. The quantitative estimate of drug-likeness (QED) is 0.185. The lowest BCUT2D eigenvalue weighted by molar-refractivity contribution is 0.767. The summed E-state index contributed by atoms with van der Waals surface area (Å²) < 4.78 is 0. The zero-order valence-corrected chi connectivity index (χ0v) is 24.1. The van der Waals surface area contributed by atoms with Crippen LogP contribution in [-0.2, 0) is 6.42 Å². The first-order chi connectivity index (χ1) is 19.6. The first-order valence-electron chi connectivity index (χ1n) is 14.1. The first-order valence-corrected chi connectivity index (χ1v) is 15.1. The highest BCUT2D eigenvalue weighted by molar-refractivity contribution is 7.99.